The highest BCUT2D eigenvalue weighted by Crippen LogP contribution is 2.31. The van der Waals surface area contributed by atoms with Crippen molar-refractivity contribution in [2.24, 2.45) is 0 Å². The van der Waals surface area contributed by atoms with Crippen LogP contribution in [-0.2, 0) is 20.1 Å². The molecule has 0 aliphatic rings. The van der Waals surface area contributed by atoms with Crippen molar-refractivity contribution in [3.63, 3.8) is 0 Å². The van der Waals surface area contributed by atoms with Crippen molar-refractivity contribution in [3.8, 4) is 11.5 Å². The Morgan fingerprint density at radius 2 is 1.72 bits per heavy atom. The summed E-state index contributed by atoms with van der Waals surface area (Å²) in [7, 11) is 0. The van der Waals surface area contributed by atoms with Gasteiger partial charge in [0, 0.05) is 6.92 Å². The quantitative estimate of drug-likeness (QED) is 0.810. The van der Waals surface area contributed by atoms with Gasteiger partial charge in [-0.2, -0.15) is 0 Å². The van der Waals surface area contributed by atoms with Crippen LogP contribution in [0.5, 0.6) is 11.5 Å². The third-order valence-corrected chi connectivity index (χ3v) is 3.32. The van der Waals surface area contributed by atoms with E-state index in [1.807, 2.05) is 0 Å². The summed E-state index contributed by atoms with van der Waals surface area (Å²) in [4.78, 5) is 11.0. The van der Waals surface area contributed by atoms with Crippen LogP contribution in [0.3, 0.4) is 0 Å². The predicted octanol–water partition coefficient (Wildman–Crippen LogP) is 1.84. The van der Waals surface area contributed by atoms with Gasteiger partial charge in [-0.3, -0.25) is 4.79 Å². The van der Waals surface area contributed by atoms with Gasteiger partial charge in [-0.1, -0.05) is 6.07 Å². The van der Waals surface area contributed by atoms with E-state index in [9.17, 15) is 19.2 Å². The first kappa shape index (κ1) is 12.4. The number of phenolic OH excluding ortho intramolecular Hbond substituents is 2. The number of hydrogen-bond donors (Lipinski definition) is 2. The van der Waals surface area contributed by atoms with E-state index in [0.29, 0.717) is 15.7 Å². The van der Waals surface area contributed by atoms with Crippen LogP contribution in [-0.4, -0.2) is 20.4 Å². The fourth-order valence-electron chi connectivity index (χ4n) is 1.51. The van der Waals surface area contributed by atoms with E-state index in [0.717, 1.165) is 0 Å². The molecule has 5 nitrogen and oxygen atoms in total. The highest BCUT2D eigenvalue weighted by Gasteiger charge is 2.10. The molecule has 18 heavy (non-hydrogen) atoms. The second-order valence-corrected chi connectivity index (χ2v) is 4.77. The van der Waals surface area contributed by atoms with Crippen molar-refractivity contribution in [1.82, 2.24) is 0 Å². The van der Waals surface area contributed by atoms with Crippen molar-refractivity contribution < 1.29 is 23.4 Å². The fourth-order valence-corrected chi connectivity index (χ4v) is 2.22. The Morgan fingerprint density at radius 3 is 2.33 bits per heavy atom. The largest absolute Gasteiger partial charge is 0.504 e. The zero-order valence-electron chi connectivity index (χ0n) is 9.41. The fraction of sp³-hybridized carbons (Fsp3) is 0.0833. The average molecular weight is 266 g/mol. The number of phenols is 2. The number of rotatable bonds is 2. The van der Waals surface area contributed by atoms with Gasteiger partial charge in [-0.05, 0) is 35.0 Å². The molecule has 6 heteroatoms. The van der Waals surface area contributed by atoms with E-state index in [2.05, 4.69) is 4.18 Å². The smallest absolute Gasteiger partial charge is 0.317 e. The van der Waals surface area contributed by atoms with Gasteiger partial charge in [0.1, 0.15) is 0 Å². The summed E-state index contributed by atoms with van der Waals surface area (Å²) < 4.78 is 16.2. The van der Waals surface area contributed by atoms with Gasteiger partial charge < -0.3 is 14.4 Å². The van der Waals surface area contributed by atoms with E-state index in [-0.39, 0.29) is 11.5 Å². The van der Waals surface area contributed by atoms with E-state index in [1.54, 1.807) is 6.07 Å². The molecule has 0 saturated heterocycles. The number of carbonyl (C=O) groups excluding carboxylic acids is 1. The first-order chi connectivity index (χ1) is 8.47. The van der Waals surface area contributed by atoms with Crippen LogP contribution < -0.4 is 0 Å². The summed E-state index contributed by atoms with van der Waals surface area (Å²) in [6, 6.07) is 7.40. The highest BCUT2D eigenvalue weighted by molar-refractivity contribution is 7.80. The SMILES string of the molecule is CC(=O)OS(=O)c1ccc2cc(O)c(O)cc2c1. The number of aromatic hydroxyl groups is 2. The first-order valence-corrected chi connectivity index (χ1v) is 6.11. The van der Waals surface area contributed by atoms with Crippen molar-refractivity contribution in [3.05, 3.63) is 30.3 Å². The Bertz CT molecular complexity index is 650. The number of carbonyl (C=O) groups is 1. The monoisotopic (exact) mass is 266 g/mol. The maximum atomic E-state index is 11.6. The predicted molar refractivity (Wildman–Crippen MR) is 65.5 cm³/mol. The molecule has 0 saturated carbocycles. The zero-order valence-corrected chi connectivity index (χ0v) is 10.2. The Balaban J connectivity index is 2.47. The van der Waals surface area contributed by atoms with E-state index >= 15 is 0 Å². The van der Waals surface area contributed by atoms with Crippen LogP contribution in [0.25, 0.3) is 10.8 Å². The lowest BCUT2D eigenvalue weighted by Gasteiger charge is -2.05. The van der Waals surface area contributed by atoms with Crippen LogP contribution in [0.4, 0.5) is 0 Å². The second-order valence-electron chi connectivity index (χ2n) is 3.66. The molecule has 1 unspecified atom stereocenters. The molecule has 0 heterocycles. The summed E-state index contributed by atoms with van der Waals surface area (Å²) in [5, 5.41) is 20.0. The number of fused-ring (bicyclic) bond motifs is 1. The van der Waals surface area contributed by atoms with Crippen LogP contribution in [0.15, 0.2) is 35.2 Å². The van der Waals surface area contributed by atoms with E-state index < -0.39 is 17.0 Å². The van der Waals surface area contributed by atoms with Crippen molar-refractivity contribution in [2.75, 3.05) is 0 Å². The molecule has 2 aromatic carbocycles. The standard InChI is InChI=1S/C12H10O5S/c1-7(13)17-18(16)10-3-2-8-5-11(14)12(15)6-9(8)4-10/h2-6,14-15H,1H3. The summed E-state index contributed by atoms with van der Waals surface area (Å²) in [5.74, 6) is -1.13. The van der Waals surface area contributed by atoms with Gasteiger partial charge in [0.25, 0.3) is 0 Å². The van der Waals surface area contributed by atoms with Crippen LogP contribution in [0.1, 0.15) is 6.92 Å². The molecule has 1 atom stereocenters. The number of benzene rings is 2. The van der Waals surface area contributed by atoms with Crippen LogP contribution >= 0.6 is 0 Å². The normalized spacial score (nSPS) is 12.3. The Morgan fingerprint density at radius 1 is 1.11 bits per heavy atom. The lowest BCUT2D eigenvalue weighted by Crippen LogP contribution is -2.02. The van der Waals surface area contributed by atoms with Crippen molar-refractivity contribution in [2.45, 2.75) is 11.8 Å². The summed E-state index contributed by atoms with van der Waals surface area (Å²) in [6.45, 7) is 1.17. The van der Waals surface area contributed by atoms with Crippen molar-refractivity contribution >= 4 is 27.8 Å². The molecule has 0 aliphatic carbocycles. The van der Waals surface area contributed by atoms with Crippen LogP contribution in [0.2, 0.25) is 0 Å². The van der Waals surface area contributed by atoms with Gasteiger partial charge >= 0.3 is 5.97 Å². The van der Waals surface area contributed by atoms with Gasteiger partial charge in [0.15, 0.2) is 11.5 Å². The molecule has 2 aromatic rings. The summed E-state index contributed by atoms with van der Waals surface area (Å²) in [6.07, 6.45) is 0. The van der Waals surface area contributed by atoms with Crippen molar-refractivity contribution in [1.29, 1.82) is 0 Å². The average Bonchev–Trinajstić information content (AvgIpc) is 2.29. The molecular weight excluding hydrogens is 256 g/mol. The molecule has 0 fully saturated rings. The molecule has 0 aromatic heterocycles. The molecule has 2 N–H and O–H groups in total. The lowest BCUT2D eigenvalue weighted by molar-refractivity contribution is -0.130. The maximum absolute atomic E-state index is 11.6. The minimum atomic E-state index is -1.88. The minimum Gasteiger partial charge on any atom is -0.504 e. The highest BCUT2D eigenvalue weighted by atomic mass is 32.2. The topological polar surface area (TPSA) is 83.8 Å². The maximum Gasteiger partial charge on any atom is 0.317 e. The van der Waals surface area contributed by atoms with Gasteiger partial charge in [0.05, 0.1) is 4.90 Å². The lowest BCUT2D eigenvalue weighted by atomic mass is 10.1. The van der Waals surface area contributed by atoms with E-state index in [1.165, 1.54) is 31.2 Å². The minimum absolute atomic E-state index is 0.226. The molecule has 0 bridgehead atoms. The van der Waals surface area contributed by atoms with Gasteiger partial charge in [-0.15, -0.1) is 0 Å². The van der Waals surface area contributed by atoms with Crippen LogP contribution in [0, 0.1) is 0 Å². The summed E-state index contributed by atoms with van der Waals surface area (Å²) in [5.41, 5.74) is 0. The van der Waals surface area contributed by atoms with Gasteiger partial charge in [0.2, 0.25) is 11.1 Å². The third kappa shape index (κ3) is 2.43. The Kier molecular flexibility index (Phi) is 3.20. The molecule has 94 valence electrons. The van der Waals surface area contributed by atoms with Gasteiger partial charge in [-0.25, -0.2) is 4.21 Å². The Labute approximate surface area is 105 Å². The molecule has 0 aliphatic heterocycles. The first-order valence-electron chi connectivity index (χ1n) is 5.04. The zero-order chi connectivity index (χ0) is 13.3. The molecule has 0 spiro atoms. The molecule has 2 rings (SSSR count). The second kappa shape index (κ2) is 4.66. The Hall–Kier alpha value is -2.08. The number of hydrogen-bond acceptors (Lipinski definition) is 5. The summed E-state index contributed by atoms with van der Waals surface area (Å²) >= 11 is -1.88. The third-order valence-electron chi connectivity index (χ3n) is 2.29. The van der Waals surface area contributed by atoms with E-state index in [4.69, 9.17) is 0 Å². The molecule has 0 amide bonds. The molecular formula is C12H10O5S. The molecule has 0 radical (unpaired) electrons.